The summed E-state index contributed by atoms with van der Waals surface area (Å²) >= 11 is 1.90. The van der Waals surface area contributed by atoms with Crippen molar-refractivity contribution in [2.24, 2.45) is 0 Å². The maximum atomic E-state index is 5.24. The summed E-state index contributed by atoms with van der Waals surface area (Å²) in [5, 5.41) is 6.18. The number of para-hydroxylation sites is 3. The standard InChI is InChI=1S/C50H32N2S/c1-4-17-33(18-5-1)47-39-32-31-37-36-24-16-30-45(48(36)53-49(37)46(39)38-23-10-13-27-42(38)51-47)52-43-28-14-11-25-40(43)50(34-19-6-2-7-20-34,35-21-8-3-9-22-35)41-26-12-15-29-44(41)52/h1-32H. The molecule has 0 fully saturated rings. The van der Waals surface area contributed by atoms with Crippen LogP contribution in [0.2, 0.25) is 0 Å². The third kappa shape index (κ3) is 4.29. The van der Waals surface area contributed by atoms with Gasteiger partial charge in [0.25, 0.3) is 0 Å². The van der Waals surface area contributed by atoms with Crippen LogP contribution in [0.5, 0.6) is 0 Å². The highest BCUT2D eigenvalue weighted by Gasteiger charge is 2.46. The molecule has 3 heterocycles. The van der Waals surface area contributed by atoms with Gasteiger partial charge in [0.15, 0.2) is 0 Å². The van der Waals surface area contributed by atoms with E-state index in [1.807, 2.05) is 11.3 Å². The Balaban J connectivity index is 1.23. The minimum Gasteiger partial charge on any atom is -0.308 e. The van der Waals surface area contributed by atoms with Gasteiger partial charge in [0.05, 0.1) is 38.4 Å². The zero-order valence-corrected chi connectivity index (χ0v) is 29.6. The lowest BCUT2D eigenvalue weighted by atomic mass is 9.62. The third-order valence-corrected chi connectivity index (χ3v) is 12.4. The molecule has 8 aromatic carbocycles. The summed E-state index contributed by atoms with van der Waals surface area (Å²) in [5.74, 6) is 0. The van der Waals surface area contributed by atoms with Crippen LogP contribution in [0.4, 0.5) is 17.1 Å². The number of aromatic nitrogens is 1. The van der Waals surface area contributed by atoms with E-state index in [0.717, 1.165) is 16.8 Å². The molecule has 0 N–H and O–H groups in total. The Kier molecular flexibility index (Phi) is 6.67. The van der Waals surface area contributed by atoms with Crippen molar-refractivity contribution < 1.29 is 0 Å². The molecular formula is C50H32N2S. The van der Waals surface area contributed by atoms with Gasteiger partial charge in [0, 0.05) is 37.2 Å². The number of thiophene rings is 1. The molecule has 0 aliphatic carbocycles. The first-order chi connectivity index (χ1) is 26.3. The molecule has 1 aliphatic rings. The SMILES string of the molecule is c1ccc(-c2nc3ccccc3c3c2ccc2c4cccc(N5c6ccccc6C(c6ccccc6)(c6ccccc6)c6ccccc65)c4sc23)cc1. The van der Waals surface area contributed by atoms with Crippen molar-refractivity contribution in [3.05, 3.63) is 216 Å². The Morgan fingerprint density at radius 3 is 1.58 bits per heavy atom. The second-order valence-electron chi connectivity index (χ2n) is 13.8. The van der Waals surface area contributed by atoms with Crippen LogP contribution in [0, 0.1) is 0 Å². The highest BCUT2D eigenvalue weighted by molar-refractivity contribution is 7.27. The van der Waals surface area contributed by atoms with Crippen LogP contribution in [0.1, 0.15) is 22.3 Å². The Bertz CT molecular complexity index is 2910. The topological polar surface area (TPSA) is 16.1 Å². The Morgan fingerprint density at radius 1 is 0.396 bits per heavy atom. The molecule has 0 radical (unpaired) electrons. The average molecular weight is 693 g/mol. The number of fused-ring (bicyclic) bond motifs is 9. The van der Waals surface area contributed by atoms with Crippen LogP contribution >= 0.6 is 11.3 Å². The molecule has 0 bridgehead atoms. The maximum Gasteiger partial charge on any atom is 0.0788 e. The molecule has 0 unspecified atom stereocenters. The van der Waals surface area contributed by atoms with Gasteiger partial charge in [-0.3, -0.25) is 0 Å². The fourth-order valence-corrected chi connectivity index (χ4v) is 10.3. The lowest BCUT2D eigenvalue weighted by Gasteiger charge is -2.46. The van der Waals surface area contributed by atoms with Crippen LogP contribution < -0.4 is 4.90 Å². The number of anilines is 3. The first-order valence-corrected chi connectivity index (χ1v) is 19.0. The lowest BCUT2D eigenvalue weighted by Crippen LogP contribution is -2.37. The van der Waals surface area contributed by atoms with Gasteiger partial charge >= 0.3 is 0 Å². The van der Waals surface area contributed by atoms with E-state index in [2.05, 4.69) is 199 Å². The number of rotatable bonds is 4. The van der Waals surface area contributed by atoms with Gasteiger partial charge in [-0.05, 0) is 46.5 Å². The largest absolute Gasteiger partial charge is 0.308 e. The monoisotopic (exact) mass is 692 g/mol. The Morgan fingerprint density at radius 2 is 0.906 bits per heavy atom. The predicted molar refractivity (Wildman–Crippen MR) is 224 cm³/mol. The summed E-state index contributed by atoms with van der Waals surface area (Å²) in [6.07, 6.45) is 0. The van der Waals surface area contributed by atoms with Crippen molar-refractivity contribution in [2.75, 3.05) is 4.90 Å². The van der Waals surface area contributed by atoms with Crippen LogP contribution in [0.15, 0.2) is 194 Å². The van der Waals surface area contributed by atoms with E-state index in [1.165, 1.54) is 75.6 Å². The minimum atomic E-state index is -0.504. The van der Waals surface area contributed by atoms with Crippen LogP contribution in [-0.4, -0.2) is 4.98 Å². The zero-order valence-electron chi connectivity index (χ0n) is 28.8. The van der Waals surface area contributed by atoms with Gasteiger partial charge in [0.2, 0.25) is 0 Å². The number of hydrogen-bond donors (Lipinski definition) is 0. The highest BCUT2D eigenvalue weighted by Crippen LogP contribution is 2.59. The summed E-state index contributed by atoms with van der Waals surface area (Å²) in [7, 11) is 0. The van der Waals surface area contributed by atoms with E-state index in [1.54, 1.807) is 0 Å². The van der Waals surface area contributed by atoms with Crippen molar-refractivity contribution in [2.45, 2.75) is 5.41 Å². The van der Waals surface area contributed by atoms with Crippen molar-refractivity contribution >= 4 is 70.2 Å². The van der Waals surface area contributed by atoms with E-state index in [9.17, 15) is 0 Å². The molecule has 2 nitrogen and oxygen atoms in total. The summed E-state index contributed by atoms with van der Waals surface area (Å²) in [5.41, 5.74) is 11.3. The van der Waals surface area contributed by atoms with E-state index >= 15 is 0 Å². The molecule has 1 aliphatic heterocycles. The van der Waals surface area contributed by atoms with Crippen LogP contribution in [0.25, 0.3) is 53.1 Å². The smallest absolute Gasteiger partial charge is 0.0788 e. The van der Waals surface area contributed by atoms with Gasteiger partial charge in [-0.15, -0.1) is 11.3 Å². The first-order valence-electron chi connectivity index (χ1n) is 18.1. The molecular weight excluding hydrogens is 661 g/mol. The van der Waals surface area contributed by atoms with Gasteiger partial charge in [-0.2, -0.15) is 0 Å². The Hall–Kier alpha value is -6.55. The van der Waals surface area contributed by atoms with Gasteiger partial charge in [-0.1, -0.05) is 170 Å². The van der Waals surface area contributed by atoms with E-state index in [-0.39, 0.29) is 0 Å². The summed E-state index contributed by atoms with van der Waals surface area (Å²) in [6, 6.07) is 70.7. The fourth-order valence-electron chi connectivity index (χ4n) is 8.94. The molecule has 2 aromatic heterocycles. The molecule has 0 atom stereocenters. The molecule has 0 saturated heterocycles. The third-order valence-electron chi connectivity index (χ3n) is 11.1. The summed E-state index contributed by atoms with van der Waals surface area (Å²) in [6.45, 7) is 0. The highest BCUT2D eigenvalue weighted by atomic mass is 32.1. The summed E-state index contributed by atoms with van der Waals surface area (Å²) in [4.78, 5) is 7.75. The van der Waals surface area contributed by atoms with E-state index < -0.39 is 5.41 Å². The van der Waals surface area contributed by atoms with Gasteiger partial charge < -0.3 is 4.90 Å². The molecule has 0 spiro atoms. The maximum absolute atomic E-state index is 5.24. The zero-order chi connectivity index (χ0) is 34.9. The number of hydrogen-bond acceptors (Lipinski definition) is 3. The number of nitrogens with zero attached hydrogens (tertiary/aromatic N) is 2. The molecule has 53 heavy (non-hydrogen) atoms. The minimum absolute atomic E-state index is 0.504. The van der Waals surface area contributed by atoms with Crippen LogP contribution in [0.3, 0.4) is 0 Å². The van der Waals surface area contributed by atoms with E-state index in [4.69, 9.17) is 4.98 Å². The Labute approximate surface area is 311 Å². The quantitative estimate of drug-likeness (QED) is 0.171. The second kappa shape index (κ2) is 11.7. The lowest BCUT2D eigenvalue weighted by molar-refractivity contribution is 0.731. The van der Waals surface area contributed by atoms with Gasteiger partial charge in [0.1, 0.15) is 0 Å². The molecule has 11 rings (SSSR count). The normalized spacial score (nSPS) is 13.4. The number of benzene rings is 8. The van der Waals surface area contributed by atoms with Crippen molar-refractivity contribution in [3.63, 3.8) is 0 Å². The van der Waals surface area contributed by atoms with Crippen LogP contribution in [-0.2, 0) is 5.41 Å². The second-order valence-corrected chi connectivity index (χ2v) is 14.8. The molecule has 3 heteroatoms. The molecule has 0 saturated carbocycles. The van der Waals surface area contributed by atoms with Crippen molar-refractivity contribution in [1.29, 1.82) is 0 Å². The van der Waals surface area contributed by atoms with E-state index in [0.29, 0.717) is 0 Å². The molecule has 248 valence electrons. The average Bonchev–Trinajstić information content (AvgIpc) is 3.63. The first kappa shape index (κ1) is 30.1. The van der Waals surface area contributed by atoms with Crippen molar-refractivity contribution in [1.82, 2.24) is 4.98 Å². The van der Waals surface area contributed by atoms with Crippen molar-refractivity contribution in [3.8, 4) is 11.3 Å². The van der Waals surface area contributed by atoms with Gasteiger partial charge in [-0.25, -0.2) is 4.98 Å². The summed E-state index contributed by atoms with van der Waals surface area (Å²) < 4.78 is 2.57. The molecule has 10 aromatic rings. The fraction of sp³-hybridized carbons (Fsp3) is 0.0200. The molecule has 0 amide bonds. The number of pyridine rings is 1. The predicted octanol–water partition coefficient (Wildman–Crippen LogP) is 13.6.